The van der Waals surface area contributed by atoms with E-state index in [1.54, 1.807) is 4.90 Å². The maximum Gasteiger partial charge on any atom is 0.329 e. The molecule has 3 aromatic carbocycles. The number of urea groups is 1. The van der Waals surface area contributed by atoms with Gasteiger partial charge < -0.3 is 25.2 Å². The van der Waals surface area contributed by atoms with Gasteiger partial charge in [0, 0.05) is 112 Å². The highest BCUT2D eigenvalue weighted by Crippen LogP contribution is 2.37. The van der Waals surface area contributed by atoms with E-state index in [2.05, 4.69) is 96.1 Å². The summed E-state index contributed by atoms with van der Waals surface area (Å²) < 4.78 is 7.60. The number of pyridine rings is 1. The Bertz CT molecular complexity index is 2560. The van der Waals surface area contributed by atoms with Crippen LogP contribution in [0.25, 0.3) is 32.9 Å². The number of ether oxygens (including phenoxy) is 1. The van der Waals surface area contributed by atoms with Gasteiger partial charge in [-0.15, -0.1) is 0 Å². The average molecular weight is 793 g/mol. The Labute approximate surface area is 342 Å². The van der Waals surface area contributed by atoms with Gasteiger partial charge in [-0.25, -0.2) is 19.7 Å². The van der Waals surface area contributed by atoms with Crippen molar-refractivity contribution < 1.29 is 14.3 Å². The number of hydrogen-bond acceptors (Lipinski definition) is 12. The van der Waals surface area contributed by atoms with Crippen molar-refractivity contribution >= 4 is 68.3 Å². The second-order valence-electron chi connectivity index (χ2n) is 16.0. The molecule has 3 aromatic heterocycles. The summed E-state index contributed by atoms with van der Waals surface area (Å²) in [6.07, 6.45) is 6.36. The van der Waals surface area contributed by atoms with Gasteiger partial charge in [0.05, 0.1) is 16.7 Å². The summed E-state index contributed by atoms with van der Waals surface area (Å²) in [5.74, 6) is 2.25. The summed E-state index contributed by atoms with van der Waals surface area (Å²) in [7, 11) is 1.93. The van der Waals surface area contributed by atoms with Crippen LogP contribution in [0.1, 0.15) is 24.8 Å². The molecule has 6 aromatic rings. The van der Waals surface area contributed by atoms with E-state index in [9.17, 15) is 9.59 Å². The van der Waals surface area contributed by atoms with Crippen molar-refractivity contribution in [1.29, 1.82) is 0 Å². The first-order valence-corrected chi connectivity index (χ1v) is 20.6. The summed E-state index contributed by atoms with van der Waals surface area (Å²) >= 11 is 0. The van der Waals surface area contributed by atoms with Gasteiger partial charge in [0.25, 0.3) is 0 Å². The fourth-order valence-corrected chi connectivity index (χ4v) is 9.08. The maximum absolute atomic E-state index is 12.6. The number of hydrogen-bond donors (Lipinski definition) is 3. The van der Waals surface area contributed by atoms with E-state index in [1.165, 1.54) is 18.5 Å². The van der Waals surface area contributed by atoms with Gasteiger partial charge >= 0.3 is 6.03 Å². The van der Waals surface area contributed by atoms with Crippen LogP contribution in [0.3, 0.4) is 0 Å². The third-order valence-electron chi connectivity index (χ3n) is 12.3. The van der Waals surface area contributed by atoms with Crippen molar-refractivity contribution in [2.75, 3.05) is 90.8 Å². The lowest BCUT2D eigenvalue weighted by atomic mass is 9.95. The molecule has 3 N–H and O–H groups in total. The second-order valence-corrected chi connectivity index (χ2v) is 16.0. The van der Waals surface area contributed by atoms with E-state index in [1.807, 2.05) is 36.3 Å². The van der Waals surface area contributed by atoms with Crippen LogP contribution in [0.5, 0.6) is 5.88 Å². The van der Waals surface area contributed by atoms with Crippen LogP contribution >= 0.6 is 0 Å². The molecule has 15 heteroatoms. The zero-order valence-electron chi connectivity index (χ0n) is 33.4. The van der Waals surface area contributed by atoms with Crippen LogP contribution in [0, 0.1) is 12.8 Å². The number of para-hydroxylation sites is 1. The van der Waals surface area contributed by atoms with Gasteiger partial charge in [0.2, 0.25) is 17.7 Å². The van der Waals surface area contributed by atoms with Crippen molar-refractivity contribution in [3.05, 3.63) is 78.6 Å². The van der Waals surface area contributed by atoms with Gasteiger partial charge in [-0.3, -0.25) is 24.6 Å². The number of nitrogens with zero attached hydrogens (tertiary/aromatic N) is 9. The van der Waals surface area contributed by atoms with Crippen LogP contribution in [-0.4, -0.2) is 107 Å². The Morgan fingerprint density at radius 3 is 2.54 bits per heavy atom. The maximum atomic E-state index is 12.6. The lowest BCUT2D eigenvalue weighted by Crippen LogP contribution is -2.49. The Morgan fingerprint density at radius 1 is 0.898 bits per heavy atom. The highest BCUT2D eigenvalue weighted by Gasteiger charge is 2.30. The number of amides is 3. The highest BCUT2D eigenvalue weighted by molar-refractivity contribution is 6.10. The van der Waals surface area contributed by atoms with E-state index < -0.39 is 6.03 Å². The van der Waals surface area contributed by atoms with Crippen LogP contribution < -0.4 is 35.4 Å². The van der Waals surface area contributed by atoms with Crippen molar-refractivity contribution in [2.24, 2.45) is 13.0 Å². The quantitative estimate of drug-likeness (QED) is 0.168. The molecule has 0 unspecified atom stereocenters. The Morgan fingerprint density at radius 2 is 1.73 bits per heavy atom. The number of nitrogens with one attached hydrogen (secondary N) is 3. The zero-order chi connectivity index (χ0) is 40.0. The number of aromatic nitrogens is 5. The minimum Gasteiger partial charge on any atom is -0.474 e. The second kappa shape index (κ2) is 15.4. The first-order valence-electron chi connectivity index (χ1n) is 20.6. The van der Waals surface area contributed by atoms with Crippen LogP contribution in [0.15, 0.2) is 73.1 Å². The van der Waals surface area contributed by atoms with Gasteiger partial charge in [-0.05, 0) is 79.3 Å². The summed E-state index contributed by atoms with van der Waals surface area (Å²) in [5.41, 5.74) is 9.37. The fourth-order valence-electron chi connectivity index (χ4n) is 9.08. The topological polar surface area (TPSA) is 149 Å². The molecule has 59 heavy (non-hydrogen) atoms. The normalized spacial score (nSPS) is 17.8. The Balaban J connectivity index is 0.724. The lowest BCUT2D eigenvalue weighted by Gasteiger charge is -2.40. The highest BCUT2D eigenvalue weighted by atomic mass is 16.5. The number of carbonyl (C=O) groups is 2. The number of carbonyl (C=O) groups excluding carboxylic acids is 2. The molecular formula is C44H48N12O3. The molecule has 3 fully saturated rings. The SMILES string of the molecule is Cc1c(-c2ccc3cnc(Nc4ccc(N5CCC(CN6CCN(c7cccc8c(N9CCC(=O)NC9=O)nn(C)c78)CC6)CC5)cc4)nc3c2)cnc2c1NCCO2. The molecule has 3 amide bonds. The molecule has 0 atom stereocenters. The van der Waals surface area contributed by atoms with Crippen molar-refractivity contribution in [3.63, 3.8) is 0 Å². The summed E-state index contributed by atoms with van der Waals surface area (Å²) in [5, 5.41) is 15.9. The standard InChI is InChI=1S/C44H48N12O3/c1-28-35(26-46-42-39(28)45-15-23-59-42)30-6-7-31-25-47-43(49-36(31)24-30)48-32-8-10-33(11-9-32)54-16-12-29(13-17-54)27-53-19-21-55(22-20-53)37-5-3-4-34-40(37)52(2)51-41(34)56-18-14-38(57)50-44(56)58/h3-11,24-26,29,45H,12-23,27H2,1-2H3,(H,47,48,49)(H,50,57,58). The van der Waals surface area contributed by atoms with Crippen LogP contribution in [0.4, 0.5) is 39.3 Å². The summed E-state index contributed by atoms with van der Waals surface area (Å²) in [6, 6.07) is 20.7. The zero-order valence-corrected chi connectivity index (χ0v) is 33.4. The monoisotopic (exact) mass is 792 g/mol. The molecule has 4 aliphatic heterocycles. The van der Waals surface area contributed by atoms with Crippen molar-refractivity contribution in [3.8, 4) is 17.0 Å². The summed E-state index contributed by atoms with van der Waals surface area (Å²) in [6.45, 7) is 10.9. The van der Waals surface area contributed by atoms with Gasteiger partial charge in [0.1, 0.15) is 12.3 Å². The smallest absolute Gasteiger partial charge is 0.329 e. The molecule has 0 aliphatic carbocycles. The number of aryl methyl sites for hydroxylation is 1. The molecular weight excluding hydrogens is 745 g/mol. The number of anilines is 6. The largest absolute Gasteiger partial charge is 0.474 e. The number of piperazine rings is 1. The average Bonchev–Trinajstić information content (AvgIpc) is 3.60. The third-order valence-corrected chi connectivity index (χ3v) is 12.3. The van der Waals surface area contributed by atoms with Crippen LogP contribution in [0.2, 0.25) is 0 Å². The molecule has 7 heterocycles. The van der Waals surface area contributed by atoms with E-state index in [4.69, 9.17) is 14.8 Å². The molecule has 15 nitrogen and oxygen atoms in total. The van der Waals surface area contributed by atoms with Gasteiger partial charge in [-0.2, -0.15) is 5.10 Å². The number of benzene rings is 3. The lowest BCUT2D eigenvalue weighted by molar-refractivity contribution is -0.120. The predicted octanol–water partition coefficient (Wildman–Crippen LogP) is 5.92. The van der Waals surface area contributed by atoms with E-state index in [0.717, 1.165) is 108 Å². The molecule has 0 saturated carbocycles. The van der Waals surface area contributed by atoms with Crippen molar-refractivity contribution in [2.45, 2.75) is 26.2 Å². The molecule has 3 saturated heterocycles. The number of fused-ring (bicyclic) bond motifs is 3. The Kier molecular flexibility index (Phi) is 9.59. The summed E-state index contributed by atoms with van der Waals surface area (Å²) in [4.78, 5) is 47.5. The molecule has 4 aliphatic rings. The molecule has 0 spiro atoms. The molecule has 0 bridgehead atoms. The van der Waals surface area contributed by atoms with Crippen LogP contribution in [-0.2, 0) is 11.8 Å². The minimum absolute atomic E-state index is 0.247. The predicted molar refractivity (Wildman–Crippen MR) is 231 cm³/mol. The fraction of sp³-hybridized carbons (Fsp3) is 0.364. The van der Waals surface area contributed by atoms with E-state index in [0.29, 0.717) is 36.7 Å². The first-order chi connectivity index (χ1) is 28.8. The van der Waals surface area contributed by atoms with Gasteiger partial charge in [0.15, 0.2) is 5.82 Å². The van der Waals surface area contributed by atoms with E-state index in [-0.39, 0.29) is 12.3 Å². The first kappa shape index (κ1) is 36.8. The number of piperidine rings is 1. The molecule has 10 rings (SSSR count). The minimum atomic E-state index is -0.412. The van der Waals surface area contributed by atoms with E-state index >= 15 is 0 Å². The number of rotatable bonds is 8. The van der Waals surface area contributed by atoms with Crippen molar-refractivity contribution in [1.82, 2.24) is 34.9 Å². The number of imide groups is 1. The molecule has 0 radical (unpaired) electrons. The van der Waals surface area contributed by atoms with Gasteiger partial charge in [-0.1, -0.05) is 18.2 Å². The Hall–Kier alpha value is -6.48. The third kappa shape index (κ3) is 7.19. The molecule has 302 valence electrons.